The average Bonchev–Trinajstić information content (AvgIpc) is 3.25. The van der Waals surface area contributed by atoms with Crippen molar-refractivity contribution in [2.75, 3.05) is 5.32 Å². The first-order chi connectivity index (χ1) is 10.0. The van der Waals surface area contributed by atoms with E-state index in [1.54, 1.807) is 0 Å². The van der Waals surface area contributed by atoms with E-state index in [9.17, 15) is 4.79 Å². The highest BCUT2D eigenvalue weighted by Crippen LogP contribution is 2.49. The molecule has 108 valence electrons. The van der Waals surface area contributed by atoms with Crippen molar-refractivity contribution in [3.8, 4) is 0 Å². The van der Waals surface area contributed by atoms with E-state index in [4.69, 9.17) is 0 Å². The Balaban J connectivity index is 1.88. The first kappa shape index (κ1) is 13.9. The molecule has 0 aromatic heterocycles. The molecule has 0 radical (unpaired) electrons. The lowest BCUT2D eigenvalue weighted by Gasteiger charge is -2.18. The predicted molar refractivity (Wildman–Crippen MR) is 86.6 cm³/mol. The van der Waals surface area contributed by atoms with E-state index in [0.717, 1.165) is 35.2 Å². The van der Waals surface area contributed by atoms with Gasteiger partial charge in [0.25, 0.3) is 0 Å². The molecular weight excluding hydrogens is 258 g/mol. The number of carbonyl (C=O) groups is 1. The van der Waals surface area contributed by atoms with Gasteiger partial charge in [0, 0.05) is 5.69 Å². The van der Waals surface area contributed by atoms with Gasteiger partial charge < -0.3 is 5.32 Å². The summed E-state index contributed by atoms with van der Waals surface area (Å²) in [4.78, 5) is 12.8. The third-order valence-electron chi connectivity index (χ3n) is 4.43. The van der Waals surface area contributed by atoms with Crippen molar-refractivity contribution in [2.24, 2.45) is 0 Å². The van der Waals surface area contributed by atoms with Crippen LogP contribution in [0.25, 0.3) is 0 Å². The van der Waals surface area contributed by atoms with Crippen LogP contribution in [-0.2, 0) is 10.2 Å². The molecule has 1 saturated carbocycles. The summed E-state index contributed by atoms with van der Waals surface area (Å²) >= 11 is 0. The Labute approximate surface area is 126 Å². The van der Waals surface area contributed by atoms with Crippen LogP contribution in [0.5, 0.6) is 0 Å². The van der Waals surface area contributed by atoms with E-state index < -0.39 is 0 Å². The van der Waals surface area contributed by atoms with Crippen LogP contribution in [-0.4, -0.2) is 5.91 Å². The first-order valence-corrected chi connectivity index (χ1v) is 7.48. The molecule has 1 amide bonds. The molecule has 2 nitrogen and oxygen atoms in total. The van der Waals surface area contributed by atoms with Crippen LogP contribution in [0.1, 0.15) is 35.1 Å². The summed E-state index contributed by atoms with van der Waals surface area (Å²) in [7, 11) is 0. The maximum Gasteiger partial charge on any atom is 0.235 e. The Morgan fingerprint density at radius 3 is 2.10 bits per heavy atom. The summed E-state index contributed by atoms with van der Waals surface area (Å²) in [6.45, 7) is 6.19. The number of nitrogens with one attached hydrogen (secondary N) is 1. The molecule has 0 aliphatic heterocycles. The maximum atomic E-state index is 12.8. The number of amides is 1. The van der Waals surface area contributed by atoms with Gasteiger partial charge in [0.2, 0.25) is 5.91 Å². The quantitative estimate of drug-likeness (QED) is 0.892. The third kappa shape index (κ3) is 2.46. The molecule has 1 N–H and O–H groups in total. The van der Waals surface area contributed by atoms with E-state index in [-0.39, 0.29) is 11.3 Å². The average molecular weight is 279 g/mol. The van der Waals surface area contributed by atoms with Gasteiger partial charge in [-0.25, -0.2) is 0 Å². The predicted octanol–water partition coefficient (Wildman–Crippen LogP) is 4.28. The highest BCUT2D eigenvalue weighted by molar-refractivity contribution is 6.02. The second kappa shape index (κ2) is 5.03. The maximum absolute atomic E-state index is 12.8. The molecule has 0 saturated heterocycles. The Hall–Kier alpha value is -2.09. The van der Waals surface area contributed by atoms with Crippen molar-refractivity contribution in [1.29, 1.82) is 0 Å². The third-order valence-corrected chi connectivity index (χ3v) is 4.43. The molecule has 21 heavy (non-hydrogen) atoms. The van der Waals surface area contributed by atoms with Gasteiger partial charge in [-0.15, -0.1) is 0 Å². The summed E-state index contributed by atoms with van der Waals surface area (Å²) in [5.41, 5.74) is 5.27. The van der Waals surface area contributed by atoms with Gasteiger partial charge in [-0.1, -0.05) is 48.0 Å². The topological polar surface area (TPSA) is 29.1 Å². The molecular formula is C19H21NO. The van der Waals surface area contributed by atoms with Crippen LogP contribution < -0.4 is 5.32 Å². The van der Waals surface area contributed by atoms with E-state index in [1.807, 2.05) is 18.2 Å². The van der Waals surface area contributed by atoms with Gasteiger partial charge in [0.05, 0.1) is 5.41 Å². The summed E-state index contributed by atoms with van der Waals surface area (Å²) < 4.78 is 0. The van der Waals surface area contributed by atoms with Crippen LogP contribution in [0.3, 0.4) is 0 Å². The Kier molecular flexibility index (Phi) is 3.32. The van der Waals surface area contributed by atoms with Crippen LogP contribution in [0.4, 0.5) is 5.69 Å². The van der Waals surface area contributed by atoms with Crippen LogP contribution in [0, 0.1) is 20.8 Å². The fourth-order valence-corrected chi connectivity index (χ4v) is 3.14. The highest BCUT2D eigenvalue weighted by atomic mass is 16.2. The standard InChI is InChI=1S/C19H21NO/c1-13-11-14(2)17(15(3)12-13)20-18(21)19(9-10-19)16-7-5-4-6-8-16/h4-8,11-12H,9-10H2,1-3H3,(H,20,21). The van der Waals surface area contributed by atoms with E-state index in [2.05, 4.69) is 50.4 Å². The Morgan fingerprint density at radius 1 is 1.00 bits per heavy atom. The number of anilines is 1. The van der Waals surface area contributed by atoms with Gasteiger partial charge in [-0.3, -0.25) is 4.79 Å². The monoisotopic (exact) mass is 279 g/mol. The summed E-state index contributed by atoms with van der Waals surface area (Å²) in [6.07, 6.45) is 1.87. The molecule has 0 unspecified atom stereocenters. The molecule has 3 rings (SSSR count). The van der Waals surface area contributed by atoms with Gasteiger partial charge in [-0.2, -0.15) is 0 Å². The van der Waals surface area contributed by atoms with Gasteiger partial charge in [-0.05, 0) is 50.3 Å². The SMILES string of the molecule is Cc1cc(C)c(NC(=O)C2(c3ccccc3)CC2)c(C)c1. The molecule has 0 atom stereocenters. The van der Waals surface area contributed by atoms with E-state index >= 15 is 0 Å². The fraction of sp³-hybridized carbons (Fsp3) is 0.316. The molecule has 2 heteroatoms. The number of rotatable bonds is 3. The van der Waals surface area contributed by atoms with Gasteiger partial charge in [0.1, 0.15) is 0 Å². The lowest BCUT2D eigenvalue weighted by molar-refractivity contribution is -0.118. The molecule has 0 heterocycles. The second-order valence-electron chi connectivity index (χ2n) is 6.18. The van der Waals surface area contributed by atoms with Crippen LogP contribution >= 0.6 is 0 Å². The molecule has 2 aromatic carbocycles. The lowest BCUT2D eigenvalue weighted by Crippen LogP contribution is -2.28. The van der Waals surface area contributed by atoms with Crippen LogP contribution in [0.2, 0.25) is 0 Å². The minimum atomic E-state index is -0.314. The minimum absolute atomic E-state index is 0.128. The van der Waals surface area contributed by atoms with Crippen molar-refractivity contribution in [3.63, 3.8) is 0 Å². The molecule has 2 aromatic rings. The molecule has 1 aliphatic rings. The molecule has 1 aliphatic carbocycles. The normalized spacial score (nSPS) is 15.6. The molecule has 0 bridgehead atoms. The van der Waals surface area contributed by atoms with Crippen molar-refractivity contribution < 1.29 is 4.79 Å². The summed E-state index contributed by atoms with van der Waals surface area (Å²) in [5, 5.41) is 3.17. The zero-order valence-corrected chi connectivity index (χ0v) is 12.9. The number of hydrogen-bond donors (Lipinski definition) is 1. The number of carbonyl (C=O) groups excluding carboxylic acids is 1. The van der Waals surface area contributed by atoms with E-state index in [0.29, 0.717) is 0 Å². The zero-order valence-electron chi connectivity index (χ0n) is 12.9. The van der Waals surface area contributed by atoms with Crippen molar-refractivity contribution in [3.05, 3.63) is 64.7 Å². The van der Waals surface area contributed by atoms with Crippen molar-refractivity contribution in [1.82, 2.24) is 0 Å². The Bertz CT molecular complexity index is 661. The van der Waals surface area contributed by atoms with Gasteiger partial charge >= 0.3 is 0 Å². The number of hydrogen-bond acceptors (Lipinski definition) is 1. The zero-order chi connectivity index (χ0) is 15.0. The minimum Gasteiger partial charge on any atom is -0.325 e. The second-order valence-corrected chi connectivity index (χ2v) is 6.18. The number of aryl methyl sites for hydroxylation is 3. The highest BCUT2D eigenvalue weighted by Gasteiger charge is 2.51. The molecule has 1 fully saturated rings. The van der Waals surface area contributed by atoms with Gasteiger partial charge in [0.15, 0.2) is 0 Å². The van der Waals surface area contributed by atoms with Crippen molar-refractivity contribution >= 4 is 11.6 Å². The largest absolute Gasteiger partial charge is 0.325 e. The van der Waals surface area contributed by atoms with E-state index in [1.165, 1.54) is 5.56 Å². The van der Waals surface area contributed by atoms with Crippen LogP contribution in [0.15, 0.2) is 42.5 Å². The first-order valence-electron chi connectivity index (χ1n) is 7.48. The Morgan fingerprint density at radius 2 is 1.57 bits per heavy atom. The van der Waals surface area contributed by atoms with Crippen molar-refractivity contribution in [2.45, 2.75) is 39.0 Å². The smallest absolute Gasteiger partial charge is 0.235 e. The fourth-order valence-electron chi connectivity index (χ4n) is 3.14. The summed E-state index contributed by atoms with van der Waals surface area (Å²) in [6, 6.07) is 14.3. The number of benzene rings is 2. The summed E-state index contributed by atoms with van der Waals surface area (Å²) in [5.74, 6) is 0.128. The molecule has 0 spiro atoms. The lowest BCUT2D eigenvalue weighted by atomic mass is 9.94.